The highest BCUT2D eigenvalue weighted by Crippen LogP contribution is 2.25. The average Bonchev–Trinajstić information content (AvgIpc) is 2.32. The van der Waals surface area contributed by atoms with E-state index < -0.39 is 0 Å². The number of carbonyl (C=O) groups excluding carboxylic acids is 1. The Balaban J connectivity index is 2.61. The largest absolute Gasteiger partial charge is 0.397 e. The van der Waals surface area contributed by atoms with E-state index in [-0.39, 0.29) is 18.5 Å². The number of nitrogens with one attached hydrogen (secondary N) is 1. The van der Waals surface area contributed by atoms with Crippen LogP contribution in [0.5, 0.6) is 0 Å². The van der Waals surface area contributed by atoms with Crippen molar-refractivity contribution in [1.82, 2.24) is 5.32 Å². The second-order valence-electron chi connectivity index (χ2n) is 4.48. The molecule has 5 nitrogen and oxygen atoms in total. The van der Waals surface area contributed by atoms with Crippen molar-refractivity contribution < 1.29 is 9.53 Å². The second-order valence-corrected chi connectivity index (χ2v) is 4.92. The van der Waals surface area contributed by atoms with Crippen LogP contribution in [0.3, 0.4) is 0 Å². The highest BCUT2D eigenvalue weighted by molar-refractivity contribution is 6.31. The molecule has 0 aliphatic carbocycles. The maximum atomic E-state index is 11.8. The minimum atomic E-state index is -0.0913. The number of likely N-dealkylation sites (N-methyl/N-ethyl adjacent to an activating group) is 1. The van der Waals surface area contributed by atoms with Crippen LogP contribution in [-0.4, -0.2) is 39.3 Å². The number of benzene rings is 1. The molecule has 0 saturated carbocycles. The van der Waals surface area contributed by atoms with Crippen molar-refractivity contribution in [3.8, 4) is 0 Å². The molecule has 19 heavy (non-hydrogen) atoms. The highest BCUT2D eigenvalue weighted by Gasteiger charge is 2.12. The van der Waals surface area contributed by atoms with Gasteiger partial charge in [0.2, 0.25) is 5.91 Å². The van der Waals surface area contributed by atoms with Crippen LogP contribution in [0.2, 0.25) is 5.02 Å². The standard InChI is InChI=1S/C13H20ClN3O2/c1-9(8-19-3)16-13(18)7-17(2)12-6-10(14)4-5-11(12)15/h4-6,9H,7-8,15H2,1-3H3,(H,16,18). The number of hydrogen-bond acceptors (Lipinski definition) is 4. The van der Waals surface area contributed by atoms with Gasteiger partial charge in [0.05, 0.1) is 24.5 Å². The summed E-state index contributed by atoms with van der Waals surface area (Å²) in [7, 11) is 3.39. The van der Waals surface area contributed by atoms with Crippen molar-refractivity contribution in [3.05, 3.63) is 23.2 Å². The van der Waals surface area contributed by atoms with Gasteiger partial charge in [-0.2, -0.15) is 0 Å². The van der Waals surface area contributed by atoms with Gasteiger partial charge < -0.3 is 20.7 Å². The summed E-state index contributed by atoms with van der Waals surface area (Å²) in [5, 5.41) is 3.42. The lowest BCUT2D eigenvalue weighted by Gasteiger charge is -2.22. The predicted molar refractivity (Wildman–Crippen MR) is 78.6 cm³/mol. The van der Waals surface area contributed by atoms with Gasteiger partial charge >= 0.3 is 0 Å². The van der Waals surface area contributed by atoms with E-state index in [9.17, 15) is 4.79 Å². The Morgan fingerprint density at radius 3 is 2.89 bits per heavy atom. The molecule has 1 aromatic carbocycles. The first-order chi connectivity index (χ1) is 8.93. The zero-order chi connectivity index (χ0) is 14.4. The van der Waals surface area contributed by atoms with Crippen LogP contribution in [0.4, 0.5) is 11.4 Å². The quantitative estimate of drug-likeness (QED) is 0.778. The third-order valence-electron chi connectivity index (χ3n) is 2.61. The highest BCUT2D eigenvalue weighted by atomic mass is 35.5. The fourth-order valence-corrected chi connectivity index (χ4v) is 1.93. The van der Waals surface area contributed by atoms with Crippen LogP contribution in [-0.2, 0) is 9.53 Å². The lowest BCUT2D eigenvalue weighted by Crippen LogP contribution is -2.41. The number of anilines is 2. The Labute approximate surface area is 118 Å². The predicted octanol–water partition coefficient (Wildman–Crippen LogP) is 1.51. The summed E-state index contributed by atoms with van der Waals surface area (Å²) >= 11 is 5.92. The number of halogens is 1. The second kappa shape index (κ2) is 7.21. The maximum absolute atomic E-state index is 11.8. The van der Waals surface area contributed by atoms with Gasteiger partial charge in [-0.05, 0) is 25.1 Å². The molecule has 0 heterocycles. The first-order valence-corrected chi connectivity index (χ1v) is 6.36. The summed E-state index contributed by atoms with van der Waals surface area (Å²) in [5.74, 6) is -0.0913. The summed E-state index contributed by atoms with van der Waals surface area (Å²) < 4.78 is 4.96. The van der Waals surface area contributed by atoms with Crippen LogP contribution in [0, 0.1) is 0 Å². The number of carbonyl (C=O) groups is 1. The number of ether oxygens (including phenoxy) is 1. The smallest absolute Gasteiger partial charge is 0.239 e. The molecule has 1 atom stereocenters. The number of nitrogen functional groups attached to an aromatic ring is 1. The number of rotatable bonds is 6. The molecule has 0 aliphatic heterocycles. The minimum absolute atomic E-state index is 0.0254. The molecule has 106 valence electrons. The van der Waals surface area contributed by atoms with Crippen molar-refractivity contribution in [2.75, 3.05) is 37.9 Å². The molecular formula is C13H20ClN3O2. The van der Waals surface area contributed by atoms with Gasteiger partial charge in [0.25, 0.3) is 0 Å². The fraction of sp³-hybridized carbons (Fsp3) is 0.462. The third-order valence-corrected chi connectivity index (χ3v) is 2.84. The molecule has 0 fully saturated rings. The summed E-state index contributed by atoms with van der Waals surface area (Å²) in [5.41, 5.74) is 7.19. The van der Waals surface area contributed by atoms with E-state index in [0.29, 0.717) is 17.3 Å². The van der Waals surface area contributed by atoms with Crippen LogP contribution >= 0.6 is 11.6 Å². The first kappa shape index (κ1) is 15.6. The van der Waals surface area contributed by atoms with Gasteiger partial charge in [0.1, 0.15) is 0 Å². The van der Waals surface area contributed by atoms with E-state index in [4.69, 9.17) is 22.1 Å². The van der Waals surface area contributed by atoms with Crippen molar-refractivity contribution in [2.45, 2.75) is 13.0 Å². The van der Waals surface area contributed by atoms with E-state index in [1.807, 2.05) is 6.92 Å². The van der Waals surface area contributed by atoms with Crippen molar-refractivity contribution >= 4 is 28.9 Å². The number of nitrogens with two attached hydrogens (primary N) is 1. The Kier molecular flexibility index (Phi) is 5.92. The third kappa shape index (κ3) is 4.96. The van der Waals surface area contributed by atoms with Crippen LogP contribution < -0.4 is 16.0 Å². The molecule has 0 radical (unpaired) electrons. The van der Waals surface area contributed by atoms with Gasteiger partial charge in [0.15, 0.2) is 0 Å². The van der Waals surface area contributed by atoms with Gasteiger partial charge in [-0.25, -0.2) is 0 Å². The van der Waals surface area contributed by atoms with E-state index in [2.05, 4.69) is 5.32 Å². The van der Waals surface area contributed by atoms with E-state index >= 15 is 0 Å². The molecule has 3 N–H and O–H groups in total. The zero-order valence-corrected chi connectivity index (χ0v) is 12.2. The summed E-state index contributed by atoms with van der Waals surface area (Å²) in [6.07, 6.45) is 0. The molecule has 0 bridgehead atoms. The van der Waals surface area contributed by atoms with E-state index in [0.717, 1.165) is 5.69 Å². The van der Waals surface area contributed by atoms with Crippen LogP contribution in [0.25, 0.3) is 0 Å². The number of hydrogen-bond donors (Lipinski definition) is 2. The monoisotopic (exact) mass is 285 g/mol. The summed E-state index contributed by atoms with van der Waals surface area (Å²) in [4.78, 5) is 13.6. The lowest BCUT2D eigenvalue weighted by atomic mass is 10.2. The van der Waals surface area contributed by atoms with Gasteiger partial charge in [-0.15, -0.1) is 0 Å². The number of amides is 1. The molecule has 6 heteroatoms. The topological polar surface area (TPSA) is 67.6 Å². The molecule has 0 spiro atoms. The zero-order valence-electron chi connectivity index (χ0n) is 11.4. The van der Waals surface area contributed by atoms with Crippen molar-refractivity contribution in [1.29, 1.82) is 0 Å². The lowest BCUT2D eigenvalue weighted by molar-refractivity contribution is -0.120. The number of methoxy groups -OCH3 is 1. The Morgan fingerprint density at radius 2 is 2.26 bits per heavy atom. The average molecular weight is 286 g/mol. The summed E-state index contributed by atoms with van der Waals surface area (Å²) in [6, 6.07) is 5.15. The Morgan fingerprint density at radius 1 is 1.58 bits per heavy atom. The van der Waals surface area contributed by atoms with E-state index in [1.54, 1.807) is 37.3 Å². The normalized spacial score (nSPS) is 12.0. The first-order valence-electron chi connectivity index (χ1n) is 5.98. The molecule has 1 aromatic rings. The molecule has 0 saturated heterocycles. The Bertz CT molecular complexity index is 440. The molecule has 1 amide bonds. The molecule has 0 aromatic heterocycles. The van der Waals surface area contributed by atoms with Crippen LogP contribution in [0.1, 0.15) is 6.92 Å². The van der Waals surface area contributed by atoms with Crippen molar-refractivity contribution in [3.63, 3.8) is 0 Å². The minimum Gasteiger partial charge on any atom is -0.397 e. The molecule has 0 aliphatic rings. The molecule has 1 unspecified atom stereocenters. The van der Waals surface area contributed by atoms with Gasteiger partial charge in [0, 0.05) is 25.2 Å². The van der Waals surface area contributed by atoms with Crippen molar-refractivity contribution in [2.24, 2.45) is 0 Å². The maximum Gasteiger partial charge on any atom is 0.239 e. The van der Waals surface area contributed by atoms with Gasteiger partial charge in [-0.3, -0.25) is 4.79 Å². The van der Waals surface area contributed by atoms with Crippen LogP contribution in [0.15, 0.2) is 18.2 Å². The summed E-state index contributed by atoms with van der Waals surface area (Å²) in [6.45, 7) is 2.57. The molecular weight excluding hydrogens is 266 g/mol. The fourth-order valence-electron chi connectivity index (χ4n) is 1.76. The Hall–Kier alpha value is -1.46. The number of nitrogens with zero attached hydrogens (tertiary/aromatic N) is 1. The SMILES string of the molecule is COCC(C)NC(=O)CN(C)c1cc(Cl)ccc1N. The molecule has 1 rings (SSSR count). The van der Waals surface area contributed by atoms with Gasteiger partial charge in [-0.1, -0.05) is 11.6 Å². The van der Waals surface area contributed by atoms with E-state index in [1.165, 1.54) is 0 Å².